The second-order valence-electron chi connectivity index (χ2n) is 3.98. The van der Waals surface area contributed by atoms with Crippen LogP contribution in [0.4, 0.5) is 5.69 Å². The van der Waals surface area contributed by atoms with E-state index in [1.165, 1.54) is 5.56 Å². The molecule has 15 heavy (non-hydrogen) atoms. The van der Waals surface area contributed by atoms with Crippen LogP contribution in [-0.4, -0.2) is 24.7 Å². The van der Waals surface area contributed by atoms with Crippen LogP contribution in [-0.2, 0) is 11.2 Å². The summed E-state index contributed by atoms with van der Waals surface area (Å²) in [6.45, 7) is 2.68. The summed E-state index contributed by atoms with van der Waals surface area (Å²) in [5, 5.41) is 9.11. The zero-order valence-corrected chi connectivity index (χ0v) is 9.03. The van der Waals surface area contributed by atoms with E-state index in [0.717, 1.165) is 17.7 Å². The minimum atomic E-state index is -0.728. The van der Waals surface area contributed by atoms with Gasteiger partial charge in [-0.2, -0.15) is 0 Å². The van der Waals surface area contributed by atoms with Gasteiger partial charge in [-0.15, -0.1) is 0 Å². The molecule has 1 heterocycles. The highest BCUT2D eigenvalue weighted by Crippen LogP contribution is 2.38. The van der Waals surface area contributed by atoms with Gasteiger partial charge < -0.3 is 10.0 Å². The highest BCUT2D eigenvalue weighted by atomic mass is 16.4. The van der Waals surface area contributed by atoms with Crippen molar-refractivity contribution in [2.24, 2.45) is 0 Å². The van der Waals surface area contributed by atoms with Gasteiger partial charge in [-0.1, -0.05) is 25.1 Å². The Morgan fingerprint density at radius 1 is 1.60 bits per heavy atom. The Morgan fingerprint density at radius 2 is 2.33 bits per heavy atom. The quantitative estimate of drug-likeness (QED) is 0.801. The molecular formula is C12H15NO2. The van der Waals surface area contributed by atoms with Crippen molar-refractivity contribution in [3.63, 3.8) is 0 Å². The lowest BCUT2D eigenvalue weighted by atomic mass is 9.98. The van der Waals surface area contributed by atoms with Gasteiger partial charge in [0.2, 0.25) is 0 Å². The minimum absolute atomic E-state index is 0.364. The van der Waals surface area contributed by atoms with Crippen LogP contribution in [0.1, 0.15) is 24.0 Å². The second kappa shape index (κ2) is 3.57. The average Bonchev–Trinajstić information content (AvgIpc) is 2.56. The van der Waals surface area contributed by atoms with Gasteiger partial charge in [-0.25, -0.2) is 0 Å². The molecule has 1 aromatic rings. The van der Waals surface area contributed by atoms with Crippen molar-refractivity contribution >= 4 is 11.7 Å². The molecule has 0 spiro atoms. The number of aryl methyl sites for hydroxylation is 1. The second-order valence-corrected chi connectivity index (χ2v) is 3.98. The Labute approximate surface area is 89.3 Å². The van der Waals surface area contributed by atoms with Gasteiger partial charge in [-0.05, 0) is 17.5 Å². The van der Waals surface area contributed by atoms with E-state index in [-0.39, 0.29) is 5.92 Å². The van der Waals surface area contributed by atoms with Crippen molar-refractivity contribution in [1.29, 1.82) is 0 Å². The zero-order valence-electron chi connectivity index (χ0n) is 9.03. The summed E-state index contributed by atoms with van der Waals surface area (Å²) >= 11 is 0. The minimum Gasteiger partial charge on any atom is -0.481 e. The highest BCUT2D eigenvalue weighted by molar-refractivity contribution is 5.83. The standard InChI is InChI=1S/C12H15NO2/c1-3-8-5-4-6-9-10(12(14)15)7-13(2)11(8)9/h4-6,10H,3,7H2,1-2H3,(H,14,15). The lowest BCUT2D eigenvalue weighted by Gasteiger charge is -2.15. The third-order valence-electron chi connectivity index (χ3n) is 3.04. The number of fused-ring (bicyclic) bond motifs is 1. The Kier molecular flexibility index (Phi) is 2.39. The van der Waals surface area contributed by atoms with Crippen LogP contribution in [0.2, 0.25) is 0 Å². The number of carbonyl (C=O) groups is 1. The molecule has 3 nitrogen and oxygen atoms in total. The van der Waals surface area contributed by atoms with Gasteiger partial charge in [0.25, 0.3) is 0 Å². The Hall–Kier alpha value is -1.51. The topological polar surface area (TPSA) is 40.5 Å². The van der Waals surface area contributed by atoms with Gasteiger partial charge in [0.05, 0.1) is 0 Å². The van der Waals surface area contributed by atoms with Gasteiger partial charge in [0.1, 0.15) is 5.92 Å². The number of aliphatic carboxylic acids is 1. The maximum atomic E-state index is 11.1. The van der Waals surface area contributed by atoms with E-state index in [1.54, 1.807) is 0 Å². The maximum absolute atomic E-state index is 11.1. The molecule has 80 valence electrons. The van der Waals surface area contributed by atoms with Crippen molar-refractivity contribution in [3.8, 4) is 0 Å². The van der Waals surface area contributed by atoms with Crippen molar-refractivity contribution < 1.29 is 9.90 Å². The predicted molar refractivity (Wildman–Crippen MR) is 59.5 cm³/mol. The first-order valence-corrected chi connectivity index (χ1v) is 5.21. The number of hydrogen-bond acceptors (Lipinski definition) is 2. The van der Waals surface area contributed by atoms with E-state index in [1.807, 2.05) is 24.1 Å². The fourth-order valence-corrected chi connectivity index (χ4v) is 2.32. The number of benzene rings is 1. The van der Waals surface area contributed by atoms with E-state index < -0.39 is 5.97 Å². The third kappa shape index (κ3) is 1.48. The van der Waals surface area contributed by atoms with Crippen molar-refractivity contribution in [2.45, 2.75) is 19.3 Å². The van der Waals surface area contributed by atoms with Gasteiger partial charge in [-0.3, -0.25) is 4.79 Å². The number of carboxylic acids is 1. The van der Waals surface area contributed by atoms with E-state index in [4.69, 9.17) is 5.11 Å². The summed E-state index contributed by atoms with van der Waals surface area (Å²) in [5.74, 6) is -1.09. The Morgan fingerprint density at radius 3 is 2.93 bits per heavy atom. The molecule has 0 radical (unpaired) electrons. The van der Waals surface area contributed by atoms with Crippen molar-refractivity contribution in [2.75, 3.05) is 18.5 Å². The van der Waals surface area contributed by atoms with Crippen LogP contribution in [0.3, 0.4) is 0 Å². The summed E-state index contributed by atoms with van der Waals surface area (Å²) in [5.41, 5.74) is 3.32. The molecule has 0 aromatic heterocycles. The number of anilines is 1. The monoisotopic (exact) mass is 205 g/mol. The van der Waals surface area contributed by atoms with Crippen LogP contribution in [0.25, 0.3) is 0 Å². The first kappa shape index (κ1) is 10.0. The number of hydrogen-bond donors (Lipinski definition) is 1. The molecule has 0 fully saturated rings. The van der Waals surface area contributed by atoms with Crippen LogP contribution in [0.15, 0.2) is 18.2 Å². The van der Waals surface area contributed by atoms with Crippen LogP contribution in [0.5, 0.6) is 0 Å². The first-order chi connectivity index (χ1) is 7.15. The summed E-state index contributed by atoms with van der Waals surface area (Å²) < 4.78 is 0. The van der Waals surface area contributed by atoms with Gasteiger partial charge in [0, 0.05) is 19.3 Å². The third-order valence-corrected chi connectivity index (χ3v) is 3.04. The number of para-hydroxylation sites is 1. The SMILES string of the molecule is CCc1cccc2c1N(C)CC2C(=O)O. The van der Waals surface area contributed by atoms with E-state index >= 15 is 0 Å². The molecular weight excluding hydrogens is 190 g/mol. The summed E-state index contributed by atoms with van der Waals surface area (Å²) in [6.07, 6.45) is 0.944. The number of rotatable bonds is 2. The first-order valence-electron chi connectivity index (χ1n) is 5.21. The number of likely N-dealkylation sites (N-methyl/N-ethyl adjacent to an activating group) is 1. The van der Waals surface area contributed by atoms with E-state index in [0.29, 0.717) is 6.54 Å². The van der Waals surface area contributed by atoms with Crippen LogP contribution >= 0.6 is 0 Å². The van der Waals surface area contributed by atoms with Crippen molar-refractivity contribution in [3.05, 3.63) is 29.3 Å². The molecule has 1 N–H and O–H groups in total. The van der Waals surface area contributed by atoms with E-state index in [9.17, 15) is 4.79 Å². The normalized spacial score (nSPS) is 19.1. The van der Waals surface area contributed by atoms with E-state index in [2.05, 4.69) is 13.0 Å². The highest BCUT2D eigenvalue weighted by Gasteiger charge is 2.32. The summed E-state index contributed by atoms with van der Waals surface area (Å²) in [7, 11) is 1.96. The molecule has 0 bridgehead atoms. The Bertz CT molecular complexity index is 401. The van der Waals surface area contributed by atoms with Gasteiger partial charge in [0.15, 0.2) is 0 Å². The lowest BCUT2D eigenvalue weighted by molar-refractivity contribution is -0.138. The summed E-state index contributed by atoms with van der Waals surface area (Å²) in [4.78, 5) is 13.1. The predicted octanol–water partition coefficient (Wildman–Crippen LogP) is 1.87. The smallest absolute Gasteiger partial charge is 0.312 e. The Balaban J connectivity index is 2.53. The molecule has 0 saturated carbocycles. The van der Waals surface area contributed by atoms with Crippen LogP contribution in [0, 0.1) is 0 Å². The fraction of sp³-hybridized carbons (Fsp3) is 0.417. The zero-order chi connectivity index (χ0) is 11.0. The molecule has 0 saturated heterocycles. The molecule has 1 aromatic carbocycles. The molecule has 1 aliphatic heterocycles. The maximum Gasteiger partial charge on any atom is 0.312 e. The molecule has 2 rings (SSSR count). The largest absolute Gasteiger partial charge is 0.481 e. The van der Waals surface area contributed by atoms with Crippen LogP contribution < -0.4 is 4.90 Å². The average molecular weight is 205 g/mol. The molecule has 0 aliphatic carbocycles. The molecule has 1 unspecified atom stereocenters. The van der Waals surface area contributed by atoms with Crippen molar-refractivity contribution in [1.82, 2.24) is 0 Å². The molecule has 1 aliphatic rings. The fourth-order valence-electron chi connectivity index (χ4n) is 2.32. The molecule has 0 amide bonds. The van der Waals surface area contributed by atoms with Gasteiger partial charge >= 0.3 is 5.97 Å². The summed E-state index contributed by atoms with van der Waals surface area (Å²) in [6, 6.07) is 5.95. The molecule has 3 heteroatoms. The lowest BCUT2D eigenvalue weighted by Crippen LogP contribution is -2.20. The number of nitrogens with zero attached hydrogens (tertiary/aromatic N) is 1. The number of carboxylic acid groups (broad SMARTS) is 1. The molecule has 1 atom stereocenters.